The Morgan fingerprint density at radius 3 is 2.19 bits per heavy atom. The molecule has 0 bridgehead atoms. The molecule has 4 fully saturated rings. The van der Waals surface area contributed by atoms with Gasteiger partial charge in [0.1, 0.15) is 17.0 Å². The fourth-order valence-electron chi connectivity index (χ4n) is 7.97. The first kappa shape index (κ1) is 29.7. The van der Waals surface area contributed by atoms with Crippen LogP contribution < -0.4 is 10.1 Å². The van der Waals surface area contributed by atoms with Gasteiger partial charge in [0.15, 0.2) is 0 Å². The molecule has 6 rings (SSSR count). The SMILES string of the molecule is O=C1C2C(c3cccc(Oc4cccc(C(F)(F)F)c4)c3)NC(CC3CCCCC3)(C(=O)O)C2C(=O)N1C1CCCCC1. The third-order valence-electron chi connectivity index (χ3n) is 9.96. The first-order chi connectivity index (χ1) is 20.6. The van der Waals surface area contributed by atoms with E-state index in [-0.39, 0.29) is 35.8 Å². The van der Waals surface area contributed by atoms with Crippen molar-refractivity contribution in [1.29, 1.82) is 0 Å². The van der Waals surface area contributed by atoms with Crippen molar-refractivity contribution in [3.63, 3.8) is 0 Å². The topological polar surface area (TPSA) is 95.9 Å². The second-order valence-electron chi connectivity index (χ2n) is 12.6. The maximum atomic E-state index is 14.1. The summed E-state index contributed by atoms with van der Waals surface area (Å²) < 4.78 is 45.6. The molecule has 2 saturated carbocycles. The lowest BCUT2D eigenvalue weighted by atomic mass is 9.72. The number of hydrogen-bond acceptors (Lipinski definition) is 5. The summed E-state index contributed by atoms with van der Waals surface area (Å²) in [7, 11) is 0. The van der Waals surface area contributed by atoms with E-state index in [1.807, 2.05) is 0 Å². The van der Waals surface area contributed by atoms with Crippen LogP contribution in [0.3, 0.4) is 0 Å². The summed E-state index contributed by atoms with van der Waals surface area (Å²) in [6, 6.07) is 10.2. The van der Waals surface area contributed by atoms with E-state index in [0.29, 0.717) is 5.56 Å². The number of benzene rings is 2. The van der Waals surface area contributed by atoms with Gasteiger partial charge in [-0.15, -0.1) is 0 Å². The van der Waals surface area contributed by atoms with Gasteiger partial charge in [0.2, 0.25) is 11.8 Å². The summed E-state index contributed by atoms with van der Waals surface area (Å²) in [5.41, 5.74) is -1.89. The van der Waals surface area contributed by atoms with Crippen LogP contribution in [0.4, 0.5) is 13.2 Å². The molecule has 10 heteroatoms. The number of carbonyl (C=O) groups excluding carboxylic acids is 2. The van der Waals surface area contributed by atoms with Gasteiger partial charge in [-0.05, 0) is 61.1 Å². The molecule has 2 aliphatic carbocycles. The fourth-order valence-corrected chi connectivity index (χ4v) is 7.97. The van der Waals surface area contributed by atoms with Gasteiger partial charge < -0.3 is 9.84 Å². The highest BCUT2D eigenvalue weighted by molar-refractivity contribution is 6.09. The van der Waals surface area contributed by atoms with Gasteiger partial charge in [-0.3, -0.25) is 24.6 Å². The molecule has 0 spiro atoms. The van der Waals surface area contributed by atoms with Crippen molar-refractivity contribution in [1.82, 2.24) is 10.2 Å². The average Bonchev–Trinajstić information content (AvgIpc) is 3.47. The summed E-state index contributed by atoms with van der Waals surface area (Å²) in [6.07, 6.45) is 4.94. The van der Waals surface area contributed by atoms with Crippen molar-refractivity contribution < 1.29 is 37.4 Å². The molecule has 2 aliphatic heterocycles. The molecule has 2 amide bonds. The number of nitrogens with zero attached hydrogens (tertiary/aromatic N) is 1. The lowest BCUT2D eigenvalue weighted by molar-refractivity contribution is -0.153. The zero-order chi connectivity index (χ0) is 30.4. The van der Waals surface area contributed by atoms with Gasteiger partial charge >= 0.3 is 12.1 Å². The molecule has 43 heavy (non-hydrogen) atoms. The van der Waals surface area contributed by atoms with Crippen LogP contribution in [0.2, 0.25) is 0 Å². The molecule has 4 aliphatic rings. The molecule has 230 valence electrons. The maximum Gasteiger partial charge on any atom is 0.416 e. The smallest absolute Gasteiger partial charge is 0.416 e. The monoisotopic (exact) mass is 598 g/mol. The number of carboxylic acid groups (broad SMARTS) is 1. The minimum Gasteiger partial charge on any atom is -0.480 e. The predicted octanol–water partition coefficient (Wildman–Crippen LogP) is 6.87. The number of carbonyl (C=O) groups is 3. The lowest BCUT2D eigenvalue weighted by Gasteiger charge is -2.37. The molecule has 2 N–H and O–H groups in total. The van der Waals surface area contributed by atoms with Gasteiger partial charge in [-0.1, -0.05) is 69.6 Å². The molecule has 0 aromatic heterocycles. The Balaban J connectivity index is 1.36. The van der Waals surface area contributed by atoms with Gasteiger partial charge in [0, 0.05) is 12.1 Å². The second-order valence-corrected chi connectivity index (χ2v) is 12.6. The quantitative estimate of drug-likeness (QED) is 0.338. The number of alkyl halides is 3. The highest BCUT2D eigenvalue weighted by Crippen LogP contribution is 2.53. The van der Waals surface area contributed by atoms with E-state index in [0.717, 1.165) is 76.3 Å². The van der Waals surface area contributed by atoms with Crippen LogP contribution in [0.25, 0.3) is 0 Å². The Labute approximate surface area is 248 Å². The number of aliphatic carboxylic acids is 1. The lowest BCUT2D eigenvalue weighted by Crippen LogP contribution is -2.57. The van der Waals surface area contributed by atoms with E-state index in [1.165, 1.54) is 17.0 Å². The zero-order valence-corrected chi connectivity index (χ0v) is 23.9. The van der Waals surface area contributed by atoms with E-state index >= 15 is 0 Å². The molecule has 2 heterocycles. The van der Waals surface area contributed by atoms with Crippen molar-refractivity contribution in [2.75, 3.05) is 0 Å². The highest BCUT2D eigenvalue weighted by Gasteiger charge is 2.69. The average molecular weight is 599 g/mol. The third-order valence-corrected chi connectivity index (χ3v) is 9.96. The first-order valence-corrected chi connectivity index (χ1v) is 15.4. The molecule has 2 aromatic rings. The number of imide groups is 1. The maximum absolute atomic E-state index is 14.1. The van der Waals surface area contributed by atoms with Crippen LogP contribution in [0.15, 0.2) is 48.5 Å². The molecule has 2 aromatic carbocycles. The summed E-state index contributed by atoms with van der Waals surface area (Å²) in [5.74, 6) is -3.44. The van der Waals surface area contributed by atoms with E-state index in [1.54, 1.807) is 24.3 Å². The fraction of sp³-hybridized carbons (Fsp3) is 0.545. The third kappa shape index (κ3) is 5.54. The number of nitrogens with one attached hydrogen (secondary N) is 1. The summed E-state index contributed by atoms with van der Waals surface area (Å²) in [4.78, 5) is 42.9. The standard InChI is InChI=1S/C33H37F3N2O5/c34-33(35,36)22-12-8-16-25(18-22)43-24-15-7-11-21(17-24)28-26-27(30(40)38(29(26)39)23-13-5-2-6-14-23)32(37-28,31(41)42)19-20-9-3-1-4-10-20/h7-8,11-12,15-18,20,23,26-28,37H,1-6,9-10,13-14,19H2,(H,41,42). The molecular formula is C33H37F3N2O5. The number of amides is 2. The zero-order valence-electron chi connectivity index (χ0n) is 23.9. The van der Waals surface area contributed by atoms with E-state index in [4.69, 9.17) is 4.74 Å². The number of halogens is 3. The van der Waals surface area contributed by atoms with Gasteiger partial charge in [0.25, 0.3) is 0 Å². The minimum absolute atomic E-state index is 0.00277. The normalized spacial score (nSPS) is 28.7. The Morgan fingerprint density at radius 2 is 1.53 bits per heavy atom. The van der Waals surface area contributed by atoms with Gasteiger partial charge in [-0.25, -0.2) is 0 Å². The van der Waals surface area contributed by atoms with Crippen LogP contribution in [-0.2, 0) is 20.6 Å². The van der Waals surface area contributed by atoms with Crippen molar-refractivity contribution in [3.05, 3.63) is 59.7 Å². The number of hydrogen-bond donors (Lipinski definition) is 2. The first-order valence-electron chi connectivity index (χ1n) is 15.4. The number of carboxylic acids is 1. The van der Waals surface area contributed by atoms with Crippen LogP contribution in [0, 0.1) is 17.8 Å². The minimum atomic E-state index is -4.53. The Morgan fingerprint density at radius 1 is 0.907 bits per heavy atom. The summed E-state index contributed by atoms with van der Waals surface area (Å²) in [6.45, 7) is 0. The molecule has 4 atom stereocenters. The number of likely N-dealkylation sites (tertiary alicyclic amines) is 1. The molecule has 0 radical (unpaired) electrons. The van der Waals surface area contributed by atoms with Crippen LogP contribution in [0.1, 0.15) is 87.8 Å². The number of rotatable bonds is 7. The summed E-state index contributed by atoms with van der Waals surface area (Å²) >= 11 is 0. The largest absolute Gasteiger partial charge is 0.480 e. The Hall–Kier alpha value is -3.40. The number of fused-ring (bicyclic) bond motifs is 1. The van der Waals surface area contributed by atoms with Crippen molar-refractivity contribution in [2.45, 2.75) is 94.4 Å². The second kappa shape index (κ2) is 11.6. The van der Waals surface area contributed by atoms with Crippen LogP contribution in [-0.4, -0.2) is 39.4 Å². The molecule has 7 nitrogen and oxygen atoms in total. The van der Waals surface area contributed by atoms with E-state index in [2.05, 4.69) is 5.32 Å². The van der Waals surface area contributed by atoms with E-state index < -0.39 is 47.0 Å². The van der Waals surface area contributed by atoms with Crippen molar-refractivity contribution in [3.8, 4) is 11.5 Å². The van der Waals surface area contributed by atoms with Crippen molar-refractivity contribution >= 4 is 17.8 Å². The van der Waals surface area contributed by atoms with Crippen LogP contribution >= 0.6 is 0 Å². The highest BCUT2D eigenvalue weighted by atomic mass is 19.4. The Bertz CT molecular complexity index is 1380. The predicted molar refractivity (Wildman–Crippen MR) is 151 cm³/mol. The summed E-state index contributed by atoms with van der Waals surface area (Å²) in [5, 5.41) is 14.1. The Kier molecular flexibility index (Phi) is 8.00. The van der Waals surface area contributed by atoms with Gasteiger partial charge in [0.05, 0.1) is 17.4 Å². The van der Waals surface area contributed by atoms with Gasteiger partial charge in [-0.2, -0.15) is 13.2 Å². The van der Waals surface area contributed by atoms with E-state index in [9.17, 15) is 32.7 Å². The van der Waals surface area contributed by atoms with Crippen LogP contribution in [0.5, 0.6) is 11.5 Å². The molecule has 2 saturated heterocycles. The number of ether oxygens (including phenoxy) is 1. The molecular weight excluding hydrogens is 561 g/mol. The van der Waals surface area contributed by atoms with Crippen molar-refractivity contribution in [2.24, 2.45) is 17.8 Å². The molecule has 4 unspecified atom stereocenters.